The van der Waals surface area contributed by atoms with Gasteiger partial charge in [0.2, 0.25) is 9.20 Å². The molecule has 1 atom stereocenters. The van der Waals surface area contributed by atoms with Gasteiger partial charge in [-0.2, -0.15) is 0 Å². The molecule has 0 aromatic rings. The van der Waals surface area contributed by atoms with Gasteiger partial charge in [0, 0.05) is 0 Å². The summed E-state index contributed by atoms with van der Waals surface area (Å²) in [5, 5.41) is 0. The van der Waals surface area contributed by atoms with E-state index in [1.807, 2.05) is 7.05 Å². The van der Waals surface area contributed by atoms with E-state index in [4.69, 9.17) is 4.80 Å². The third-order valence-electron chi connectivity index (χ3n) is 0.895. The number of rotatable bonds is 3. The zero-order valence-electron chi connectivity index (χ0n) is 4.94. The Labute approximate surface area is 46.4 Å². The minimum atomic E-state index is -1.43. The first-order valence-electron chi connectivity index (χ1n) is 2.66. The molecule has 3 heteroatoms. The Hall–Kier alpha value is 0.137. The summed E-state index contributed by atoms with van der Waals surface area (Å²) in [6, 6.07) is 0.983. The quantitative estimate of drug-likeness (QED) is 0.505. The van der Waals surface area contributed by atoms with E-state index in [1.165, 1.54) is 0 Å². The summed E-state index contributed by atoms with van der Waals surface area (Å²) in [6.45, 7) is 2.08. The van der Waals surface area contributed by atoms with Gasteiger partial charge in [-0.1, -0.05) is 13.3 Å². The van der Waals surface area contributed by atoms with Crippen molar-refractivity contribution >= 4 is 9.20 Å². The standard InChI is InChI=1S/C4H13NOSi/c1-3-4-7(6)5-2/h5-7H,3-4H2,1-2H3. The molecule has 0 spiro atoms. The van der Waals surface area contributed by atoms with Crippen LogP contribution in [0.3, 0.4) is 0 Å². The van der Waals surface area contributed by atoms with Crippen LogP contribution in [0.5, 0.6) is 0 Å². The molecular weight excluding hydrogens is 106 g/mol. The van der Waals surface area contributed by atoms with Crippen molar-refractivity contribution in [3.05, 3.63) is 0 Å². The molecular formula is C4H13NOSi. The third kappa shape index (κ3) is 3.98. The first-order valence-corrected chi connectivity index (χ1v) is 4.57. The fourth-order valence-corrected chi connectivity index (χ4v) is 1.25. The van der Waals surface area contributed by atoms with Crippen molar-refractivity contribution in [3.8, 4) is 0 Å². The predicted octanol–water partition coefficient (Wildman–Crippen LogP) is -0.171. The highest BCUT2D eigenvalue weighted by molar-refractivity contribution is 6.47. The van der Waals surface area contributed by atoms with Crippen molar-refractivity contribution in [3.63, 3.8) is 0 Å². The Kier molecular flexibility index (Phi) is 4.38. The molecule has 0 aliphatic rings. The maximum Gasteiger partial charge on any atom is 0.248 e. The summed E-state index contributed by atoms with van der Waals surface area (Å²) >= 11 is 0. The minimum absolute atomic E-state index is 0.983. The van der Waals surface area contributed by atoms with Crippen LogP contribution < -0.4 is 4.98 Å². The number of nitrogens with one attached hydrogen (secondary N) is 1. The number of hydrogen-bond acceptors (Lipinski definition) is 2. The second kappa shape index (κ2) is 4.30. The summed E-state index contributed by atoms with van der Waals surface area (Å²) in [6.07, 6.45) is 1.09. The lowest BCUT2D eigenvalue weighted by Gasteiger charge is -2.01. The van der Waals surface area contributed by atoms with Gasteiger partial charge in [0.1, 0.15) is 0 Å². The Bertz CT molecular complexity index is 42.7. The molecule has 0 heterocycles. The summed E-state index contributed by atoms with van der Waals surface area (Å²) < 4.78 is 0. The van der Waals surface area contributed by atoms with E-state index >= 15 is 0 Å². The first kappa shape index (κ1) is 7.14. The van der Waals surface area contributed by atoms with Crippen molar-refractivity contribution < 1.29 is 4.80 Å². The van der Waals surface area contributed by atoms with Gasteiger partial charge in [-0.25, -0.2) is 0 Å². The average molecular weight is 119 g/mol. The zero-order chi connectivity index (χ0) is 5.70. The van der Waals surface area contributed by atoms with Crippen LogP contribution in [0, 0.1) is 0 Å². The van der Waals surface area contributed by atoms with Crippen LogP contribution in [0.1, 0.15) is 13.3 Å². The first-order chi connectivity index (χ1) is 3.31. The molecule has 1 unspecified atom stereocenters. The highest BCUT2D eigenvalue weighted by Gasteiger charge is 1.97. The molecule has 2 N–H and O–H groups in total. The molecule has 0 radical (unpaired) electrons. The average Bonchev–Trinajstić information content (AvgIpc) is 1.68. The Morgan fingerprint density at radius 2 is 2.29 bits per heavy atom. The van der Waals surface area contributed by atoms with Crippen LogP contribution in [0.25, 0.3) is 0 Å². The van der Waals surface area contributed by atoms with Crippen molar-refractivity contribution in [2.45, 2.75) is 19.4 Å². The molecule has 0 aliphatic heterocycles. The molecule has 7 heavy (non-hydrogen) atoms. The molecule has 0 bridgehead atoms. The van der Waals surface area contributed by atoms with E-state index in [0.717, 1.165) is 12.5 Å². The Morgan fingerprint density at radius 3 is 2.43 bits per heavy atom. The highest BCUT2D eigenvalue weighted by atomic mass is 28.3. The highest BCUT2D eigenvalue weighted by Crippen LogP contribution is 1.87. The Morgan fingerprint density at radius 1 is 1.71 bits per heavy atom. The molecule has 0 amide bonds. The molecule has 0 aromatic heterocycles. The van der Waals surface area contributed by atoms with Gasteiger partial charge in [0.15, 0.2) is 0 Å². The van der Waals surface area contributed by atoms with Gasteiger partial charge in [0.25, 0.3) is 0 Å². The molecule has 0 saturated heterocycles. The predicted molar refractivity (Wildman–Crippen MR) is 33.5 cm³/mol. The lowest BCUT2D eigenvalue weighted by Crippen LogP contribution is -2.29. The van der Waals surface area contributed by atoms with E-state index in [-0.39, 0.29) is 0 Å². The minimum Gasteiger partial charge on any atom is -0.422 e. The van der Waals surface area contributed by atoms with Gasteiger partial charge in [0.05, 0.1) is 0 Å². The summed E-state index contributed by atoms with van der Waals surface area (Å²) in [7, 11) is 0.381. The second-order valence-corrected chi connectivity index (χ2v) is 3.78. The van der Waals surface area contributed by atoms with Crippen LogP contribution >= 0.6 is 0 Å². The van der Waals surface area contributed by atoms with Crippen LogP contribution in [0.15, 0.2) is 0 Å². The SMILES string of the molecule is CCC[SiH](O)NC. The fraction of sp³-hybridized carbons (Fsp3) is 1.00. The third-order valence-corrected chi connectivity index (χ3v) is 2.69. The van der Waals surface area contributed by atoms with Crippen molar-refractivity contribution in [2.24, 2.45) is 0 Å². The maximum absolute atomic E-state index is 8.89. The van der Waals surface area contributed by atoms with Gasteiger partial charge in [-0.15, -0.1) is 0 Å². The van der Waals surface area contributed by atoms with E-state index in [2.05, 4.69) is 11.9 Å². The molecule has 0 saturated carbocycles. The largest absolute Gasteiger partial charge is 0.422 e. The van der Waals surface area contributed by atoms with E-state index in [9.17, 15) is 0 Å². The van der Waals surface area contributed by atoms with E-state index in [1.54, 1.807) is 0 Å². The monoisotopic (exact) mass is 119 g/mol. The molecule has 44 valence electrons. The molecule has 2 nitrogen and oxygen atoms in total. The van der Waals surface area contributed by atoms with Crippen LogP contribution in [-0.4, -0.2) is 21.0 Å². The zero-order valence-corrected chi connectivity index (χ0v) is 6.09. The lowest BCUT2D eigenvalue weighted by molar-refractivity contribution is 0.551. The van der Waals surface area contributed by atoms with Crippen molar-refractivity contribution in [1.29, 1.82) is 0 Å². The van der Waals surface area contributed by atoms with E-state index < -0.39 is 9.20 Å². The van der Waals surface area contributed by atoms with Gasteiger partial charge in [-0.05, 0) is 13.1 Å². The smallest absolute Gasteiger partial charge is 0.248 e. The summed E-state index contributed by atoms with van der Waals surface area (Å²) in [5.74, 6) is 0. The lowest BCUT2D eigenvalue weighted by atomic mass is 10.6. The van der Waals surface area contributed by atoms with Gasteiger partial charge >= 0.3 is 0 Å². The Balaban J connectivity index is 2.83. The molecule has 0 rings (SSSR count). The molecule has 0 fully saturated rings. The van der Waals surface area contributed by atoms with Crippen LogP contribution in [0.4, 0.5) is 0 Å². The number of hydrogen-bond donors (Lipinski definition) is 2. The van der Waals surface area contributed by atoms with Crippen LogP contribution in [-0.2, 0) is 0 Å². The second-order valence-electron chi connectivity index (χ2n) is 1.59. The normalized spacial score (nSPS) is 14.1. The topological polar surface area (TPSA) is 32.3 Å². The van der Waals surface area contributed by atoms with Gasteiger partial charge < -0.3 is 9.78 Å². The molecule has 0 aliphatic carbocycles. The fourth-order valence-electron chi connectivity index (χ4n) is 0.418. The maximum atomic E-state index is 8.89. The van der Waals surface area contributed by atoms with Gasteiger partial charge in [-0.3, -0.25) is 0 Å². The summed E-state index contributed by atoms with van der Waals surface area (Å²) in [5.41, 5.74) is 0. The van der Waals surface area contributed by atoms with Crippen LogP contribution in [0.2, 0.25) is 6.04 Å². The van der Waals surface area contributed by atoms with Crippen molar-refractivity contribution in [1.82, 2.24) is 4.98 Å². The van der Waals surface area contributed by atoms with Crippen molar-refractivity contribution in [2.75, 3.05) is 7.05 Å². The summed E-state index contributed by atoms with van der Waals surface area (Å²) in [4.78, 5) is 11.7. The van der Waals surface area contributed by atoms with E-state index in [0.29, 0.717) is 0 Å². The molecule has 0 aromatic carbocycles.